The lowest BCUT2D eigenvalue weighted by Crippen LogP contribution is -2.41. The summed E-state index contributed by atoms with van der Waals surface area (Å²) in [6, 6.07) is 9.92. The Balaban J connectivity index is 1.68. The Morgan fingerprint density at radius 1 is 1.10 bits per heavy atom. The number of piperidine rings is 1. The van der Waals surface area contributed by atoms with Gasteiger partial charge in [0, 0.05) is 24.8 Å². The second kappa shape index (κ2) is 8.20. The molecule has 0 bridgehead atoms. The van der Waals surface area contributed by atoms with Crippen LogP contribution in [0.4, 0.5) is 16.2 Å². The van der Waals surface area contributed by atoms with Gasteiger partial charge in [-0.15, -0.1) is 0 Å². The van der Waals surface area contributed by atoms with Crippen molar-refractivity contribution in [1.82, 2.24) is 4.31 Å². The van der Waals surface area contributed by atoms with Gasteiger partial charge in [0.15, 0.2) is 0 Å². The molecule has 0 aliphatic carbocycles. The number of urea groups is 1. The predicted molar refractivity (Wildman–Crippen MR) is 113 cm³/mol. The summed E-state index contributed by atoms with van der Waals surface area (Å²) in [6.45, 7) is 9.15. The van der Waals surface area contributed by atoms with Crippen LogP contribution in [0.2, 0.25) is 0 Å². The molecule has 0 radical (unpaired) electrons. The predicted octanol–water partition coefficient (Wildman–Crippen LogP) is 4.68. The molecule has 29 heavy (non-hydrogen) atoms. The van der Waals surface area contributed by atoms with Crippen molar-refractivity contribution >= 4 is 27.4 Å². The van der Waals surface area contributed by atoms with Crippen LogP contribution in [0.25, 0.3) is 0 Å². The second-order valence-corrected chi connectivity index (χ2v) is 10.4. The van der Waals surface area contributed by atoms with E-state index in [2.05, 4.69) is 31.4 Å². The Morgan fingerprint density at radius 3 is 2.31 bits per heavy atom. The minimum absolute atomic E-state index is 0.140. The third-order valence-electron chi connectivity index (χ3n) is 5.45. The Bertz CT molecular complexity index is 954. The van der Waals surface area contributed by atoms with E-state index in [9.17, 15) is 13.2 Å². The second-order valence-electron chi connectivity index (χ2n) is 8.52. The monoisotopic (exact) mass is 419 g/mol. The van der Waals surface area contributed by atoms with E-state index in [1.54, 1.807) is 19.1 Å². The normalized spacial score (nSPS) is 16.6. The van der Waals surface area contributed by atoms with E-state index in [1.165, 1.54) is 10.4 Å². The zero-order valence-electron chi connectivity index (χ0n) is 17.4. The number of para-hydroxylation sites is 1. The number of sulfonamides is 1. The van der Waals surface area contributed by atoms with E-state index >= 15 is 0 Å². The van der Waals surface area contributed by atoms with Gasteiger partial charge in [-0.25, -0.2) is 13.2 Å². The van der Waals surface area contributed by atoms with Crippen LogP contribution >= 0.6 is 0 Å². The van der Waals surface area contributed by atoms with Crippen molar-refractivity contribution in [2.75, 3.05) is 23.7 Å². The fourth-order valence-electron chi connectivity index (χ4n) is 3.60. The number of carbonyl (C=O) groups is 1. The number of nitrogens with one attached hydrogen (secondary N) is 2. The molecule has 2 amide bonds. The molecule has 2 aromatic rings. The summed E-state index contributed by atoms with van der Waals surface area (Å²) in [5.74, 6) is 0.836. The van der Waals surface area contributed by atoms with Crippen LogP contribution in [0.3, 0.4) is 0 Å². The molecule has 1 fully saturated rings. The highest BCUT2D eigenvalue weighted by Gasteiger charge is 2.35. The van der Waals surface area contributed by atoms with Gasteiger partial charge in [-0.2, -0.15) is 4.31 Å². The Hall–Kier alpha value is -2.32. The fraction of sp³-hybridized carbons (Fsp3) is 0.476. The summed E-state index contributed by atoms with van der Waals surface area (Å²) in [5, 5.41) is 5.21. The average molecular weight is 420 g/mol. The van der Waals surface area contributed by atoms with Gasteiger partial charge in [-0.1, -0.05) is 39.0 Å². The summed E-state index contributed by atoms with van der Waals surface area (Å²) < 4.78 is 33.0. The molecule has 1 aliphatic rings. The van der Waals surface area contributed by atoms with Gasteiger partial charge in [-0.05, 0) is 43.2 Å². The van der Waals surface area contributed by atoms with Crippen molar-refractivity contribution < 1.29 is 17.6 Å². The number of hydrogen-bond donors (Lipinski definition) is 2. The number of nitrogens with zero attached hydrogens (tertiary/aromatic N) is 1. The number of carbonyl (C=O) groups excluding carboxylic acids is 1. The molecule has 0 spiro atoms. The number of furan rings is 1. The van der Waals surface area contributed by atoms with E-state index in [4.69, 9.17) is 4.42 Å². The first-order valence-corrected chi connectivity index (χ1v) is 11.2. The van der Waals surface area contributed by atoms with Gasteiger partial charge in [0.05, 0.1) is 5.69 Å². The molecule has 2 heterocycles. The van der Waals surface area contributed by atoms with E-state index in [-0.39, 0.29) is 10.5 Å². The minimum Gasteiger partial charge on any atom is -0.446 e. The fourth-order valence-corrected chi connectivity index (χ4v) is 5.04. The first-order valence-electron chi connectivity index (χ1n) is 9.81. The zero-order chi connectivity index (χ0) is 21.2. The molecule has 8 heteroatoms. The zero-order valence-corrected chi connectivity index (χ0v) is 18.2. The largest absolute Gasteiger partial charge is 0.446 e. The third-order valence-corrected chi connectivity index (χ3v) is 7.20. The molecule has 1 aromatic heterocycles. The summed E-state index contributed by atoms with van der Waals surface area (Å²) in [6.07, 6.45) is 1.65. The lowest BCUT2D eigenvalue weighted by atomic mass is 9.76. The van der Waals surface area contributed by atoms with Crippen molar-refractivity contribution in [2.24, 2.45) is 11.3 Å². The molecule has 1 saturated heterocycles. The number of benzene rings is 1. The van der Waals surface area contributed by atoms with Crippen LogP contribution in [0, 0.1) is 18.3 Å². The molecular formula is C21H29N3O4S. The summed E-state index contributed by atoms with van der Waals surface area (Å²) in [5.41, 5.74) is 1.14. The third kappa shape index (κ3) is 5.00. The molecule has 2 N–H and O–H groups in total. The maximum atomic E-state index is 13.0. The molecule has 1 aromatic carbocycles. The minimum atomic E-state index is -3.73. The maximum absolute atomic E-state index is 13.0. The highest BCUT2D eigenvalue weighted by Crippen LogP contribution is 2.36. The molecule has 0 unspecified atom stereocenters. The molecule has 0 atom stereocenters. The quantitative estimate of drug-likeness (QED) is 0.753. The Kier molecular flexibility index (Phi) is 6.05. The van der Waals surface area contributed by atoms with Gasteiger partial charge in [0.25, 0.3) is 10.0 Å². The smallest absolute Gasteiger partial charge is 0.323 e. The van der Waals surface area contributed by atoms with Crippen LogP contribution in [0.15, 0.2) is 45.9 Å². The van der Waals surface area contributed by atoms with E-state index in [1.807, 2.05) is 18.2 Å². The SMILES string of the molecule is Cc1oc(S(=O)(=O)N2CCC(C(C)(C)C)CC2)cc1NC(=O)Nc1ccccc1. The maximum Gasteiger partial charge on any atom is 0.323 e. The summed E-state index contributed by atoms with van der Waals surface area (Å²) >= 11 is 0. The van der Waals surface area contributed by atoms with Gasteiger partial charge in [0.2, 0.25) is 5.09 Å². The van der Waals surface area contributed by atoms with Gasteiger partial charge in [-0.3, -0.25) is 0 Å². The standard InChI is InChI=1S/C21H29N3O4S/c1-15-18(23-20(25)22-17-8-6-5-7-9-17)14-19(28-15)29(26,27)24-12-10-16(11-13-24)21(2,3)4/h5-9,14,16H,10-13H2,1-4H3,(H2,22,23,25). The number of hydrogen-bond acceptors (Lipinski definition) is 4. The topological polar surface area (TPSA) is 91.7 Å². The average Bonchev–Trinajstić information content (AvgIpc) is 3.03. The van der Waals surface area contributed by atoms with E-state index in [0.29, 0.717) is 36.1 Å². The number of anilines is 2. The number of amides is 2. The van der Waals surface area contributed by atoms with Crippen molar-refractivity contribution in [1.29, 1.82) is 0 Å². The van der Waals surface area contributed by atoms with Crippen molar-refractivity contribution in [2.45, 2.75) is 45.6 Å². The first-order chi connectivity index (χ1) is 13.6. The van der Waals surface area contributed by atoms with Gasteiger partial charge >= 0.3 is 6.03 Å². The molecule has 3 rings (SSSR count). The molecule has 0 saturated carbocycles. The molecular weight excluding hydrogens is 390 g/mol. The van der Waals surface area contributed by atoms with E-state index < -0.39 is 16.1 Å². The molecule has 7 nitrogen and oxygen atoms in total. The van der Waals surface area contributed by atoms with Gasteiger partial charge < -0.3 is 15.1 Å². The first kappa shape index (κ1) is 21.4. The van der Waals surface area contributed by atoms with Crippen LogP contribution in [-0.4, -0.2) is 31.8 Å². The van der Waals surface area contributed by atoms with Gasteiger partial charge in [0.1, 0.15) is 5.76 Å². The number of rotatable bonds is 4. The summed E-state index contributed by atoms with van der Waals surface area (Å²) in [4.78, 5) is 12.2. The number of aryl methyl sites for hydroxylation is 1. The van der Waals surface area contributed by atoms with Crippen LogP contribution in [0.1, 0.15) is 39.4 Å². The van der Waals surface area contributed by atoms with E-state index in [0.717, 1.165) is 12.8 Å². The van der Waals surface area contributed by atoms with Crippen molar-refractivity contribution in [3.63, 3.8) is 0 Å². The molecule has 158 valence electrons. The highest BCUT2D eigenvalue weighted by atomic mass is 32.2. The van der Waals surface area contributed by atoms with Crippen molar-refractivity contribution in [3.8, 4) is 0 Å². The van der Waals surface area contributed by atoms with Crippen LogP contribution in [0.5, 0.6) is 0 Å². The van der Waals surface area contributed by atoms with Crippen LogP contribution < -0.4 is 10.6 Å². The Labute approximate surface area is 172 Å². The summed E-state index contributed by atoms with van der Waals surface area (Å²) in [7, 11) is -3.73. The Morgan fingerprint density at radius 2 is 1.72 bits per heavy atom. The van der Waals surface area contributed by atoms with Crippen molar-refractivity contribution in [3.05, 3.63) is 42.2 Å². The lowest BCUT2D eigenvalue weighted by Gasteiger charge is -2.37. The molecule has 1 aliphatic heterocycles. The van der Waals surface area contributed by atoms with Crippen LogP contribution in [-0.2, 0) is 10.0 Å². The highest BCUT2D eigenvalue weighted by molar-refractivity contribution is 7.89. The lowest BCUT2D eigenvalue weighted by molar-refractivity contribution is 0.153.